The molecular formula is C36H34N2P2. The molecule has 4 heteroatoms. The van der Waals surface area contributed by atoms with Crippen LogP contribution in [0.5, 0.6) is 0 Å². The Bertz CT molecular complexity index is 1320. The summed E-state index contributed by atoms with van der Waals surface area (Å²) in [5, 5.41) is 0. The van der Waals surface area contributed by atoms with Crippen LogP contribution in [0.2, 0.25) is 0 Å². The zero-order valence-electron chi connectivity index (χ0n) is 22.6. The fraction of sp³-hybridized carbons (Fsp3) is 0.222. The van der Waals surface area contributed by atoms with Gasteiger partial charge in [-0.3, -0.25) is 9.97 Å². The van der Waals surface area contributed by atoms with Gasteiger partial charge in [-0.2, -0.15) is 0 Å². The Morgan fingerprint density at radius 1 is 0.375 bits per heavy atom. The molecule has 3 heterocycles. The van der Waals surface area contributed by atoms with E-state index in [9.17, 15) is 0 Å². The highest BCUT2D eigenvalue weighted by Gasteiger charge is 2.45. The maximum absolute atomic E-state index is 5.30. The van der Waals surface area contributed by atoms with Crippen molar-refractivity contribution < 1.29 is 0 Å². The summed E-state index contributed by atoms with van der Waals surface area (Å²) in [6, 6.07) is 44.9. The summed E-state index contributed by atoms with van der Waals surface area (Å²) in [4.78, 5) is 10.6. The van der Waals surface area contributed by atoms with Crippen LogP contribution in [0.15, 0.2) is 134 Å². The van der Waals surface area contributed by atoms with E-state index in [0.29, 0.717) is 22.6 Å². The molecule has 2 aliphatic heterocycles. The monoisotopic (exact) mass is 556 g/mol. The van der Waals surface area contributed by atoms with Crippen LogP contribution in [0.25, 0.3) is 0 Å². The molecule has 1 aromatic heterocycles. The van der Waals surface area contributed by atoms with Crippen molar-refractivity contribution in [3.63, 3.8) is 0 Å². The molecule has 2 nitrogen and oxygen atoms in total. The highest BCUT2D eigenvalue weighted by atomic mass is 31.1. The van der Waals surface area contributed by atoms with Crippen LogP contribution in [0.3, 0.4) is 0 Å². The van der Waals surface area contributed by atoms with Crippen molar-refractivity contribution in [2.75, 3.05) is 0 Å². The first-order valence-electron chi connectivity index (χ1n) is 14.5. The highest BCUT2D eigenvalue weighted by molar-refractivity contribution is 7.72. The fourth-order valence-electron chi connectivity index (χ4n) is 6.91. The van der Waals surface area contributed by atoms with Gasteiger partial charge in [0.2, 0.25) is 0 Å². The average molecular weight is 557 g/mol. The normalized spacial score (nSPS) is 23.4. The van der Waals surface area contributed by atoms with E-state index in [0.717, 1.165) is 0 Å². The van der Waals surface area contributed by atoms with Gasteiger partial charge in [-0.25, -0.2) is 0 Å². The first kappa shape index (κ1) is 25.8. The van der Waals surface area contributed by atoms with Crippen molar-refractivity contribution in [1.29, 1.82) is 0 Å². The van der Waals surface area contributed by atoms with Crippen LogP contribution in [0, 0.1) is 0 Å². The molecule has 2 aliphatic rings. The summed E-state index contributed by atoms with van der Waals surface area (Å²) in [5.41, 5.74) is 10.5. The zero-order chi connectivity index (χ0) is 26.7. The van der Waals surface area contributed by atoms with Crippen LogP contribution in [-0.4, -0.2) is 9.97 Å². The lowest BCUT2D eigenvalue weighted by Crippen LogP contribution is -2.31. The third-order valence-corrected chi connectivity index (χ3v) is 15.4. The summed E-state index contributed by atoms with van der Waals surface area (Å²) in [5.74, 6) is 0. The van der Waals surface area contributed by atoms with Gasteiger partial charge in [-0.1, -0.05) is 121 Å². The molecule has 4 aromatic carbocycles. The maximum atomic E-state index is 5.30. The molecule has 5 aromatic rings. The number of aromatic nitrogens is 2. The Labute approximate surface area is 240 Å². The van der Waals surface area contributed by atoms with Crippen LogP contribution >= 0.6 is 15.8 Å². The summed E-state index contributed by atoms with van der Waals surface area (Å²) >= 11 is 0. The Kier molecular flexibility index (Phi) is 7.56. The lowest BCUT2D eigenvalue weighted by atomic mass is 10.0. The van der Waals surface area contributed by atoms with E-state index < -0.39 is 15.8 Å². The molecule has 40 heavy (non-hydrogen) atoms. The average Bonchev–Trinajstić information content (AvgIpc) is 3.68. The van der Waals surface area contributed by atoms with Crippen molar-refractivity contribution in [2.24, 2.45) is 0 Å². The third kappa shape index (κ3) is 4.94. The number of hydrogen-bond donors (Lipinski definition) is 0. The minimum absolute atomic E-state index is 0.500. The van der Waals surface area contributed by atoms with Crippen molar-refractivity contribution in [2.45, 2.75) is 48.3 Å². The molecule has 2 saturated heterocycles. The number of rotatable bonds is 6. The predicted octanol–water partition coefficient (Wildman–Crippen LogP) is 9.24. The second kappa shape index (κ2) is 11.7. The molecule has 0 aliphatic carbocycles. The van der Waals surface area contributed by atoms with Crippen molar-refractivity contribution in [1.82, 2.24) is 9.97 Å². The molecule has 0 saturated carbocycles. The summed E-state index contributed by atoms with van der Waals surface area (Å²) in [6.45, 7) is 0. The molecule has 198 valence electrons. The molecule has 0 unspecified atom stereocenters. The quantitative estimate of drug-likeness (QED) is 0.195. The summed E-state index contributed by atoms with van der Waals surface area (Å²) in [7, 11) is -1.18. The van der Waals surface area contributed by atoms with Crippen LogP contribution < -0.4 is 10.9 Å². The van der Waals surface area contributed by atoms with Crippen molar-refractivity contribution in [3.05, 3.63) is 156 Å². The van der Waals surface area contributed by atoms with Crippen molar-refractivity contribution in [3.8, 4) is 0 Å². The smallest absolute Gasteiger partial charge is 0.0901 e. The second-order valence-corrected chi connectivity index (χ2v) is 15.8. The third-order valence-electron chi connectivity index (χ3n) is 8.66. The molecule has 0 spiro atoms. The van der Waals surface area contributed by atoms with Gasteiger partial charge in [-0.15, -0.1) is 0 Å². The molecule has 0 amide bonds. The minimum Gasteiger partial charge on any atom is -0.253 e. The van der Waals surface area contributed by atoms with E-state index in [2.05, 4.69) is 121 Å². The minimum atomic E-state index is -0.590. The van der Waals surface area contributed by atoms with Gasteiger partial charge in [0.15, 0.2) is 0 Å². The van der Waals surface area contributed by atoms with Gasteiger partial charge < -0.3 is 0 Å². The molecule has 0 radical (unpaired) electrons. The molecule has 7 rings (SSSR count). The van der Waals surface area contributed by atoms with Gasteiger partial charge in [0.05, 0.1) is 10.9 Å². The van der Waals surface area contributed by atoms with E-state index >= 15 is 0 Å². The lowest BCUT2D eigenvalue weighted by Gasteiger charge is -2.32. The molecule has 2 fully saturated rings. The Hall–Kier alpha value is -3.18. The van der Waals surface area contributed by atoms with E-state index in [4.69, 9.17) is 9.97 Å². The largest absolute Gasteiger partial charge is 0.253 e. The number of hydrogen-bond acceptors (Lipinski definition) is 2. The Balaban J connectivity index is 1.39. The van der Waals surface area contributed by atoms with E-state index in [1.54, 1.807) is 0 Å². The van der Waals surface area contributed by atoms with Gasteiger partial charge in [0, 0.05) is 35.0 Å². The molecule has 0 N–H and O–H groups in total. The first-order chi connectivity index (χ1) is 19.9. The van der Waals surface area contributed by atoms with E-state index in [1.165, 1.54) is 58.8 Å². The summed E-state index contributed by atoms with van der Waals surface area (Å²) < 4.78 is 0. The van der Waals surface area contributed by atoms with Gasteiger partial charge in [0.25, 0.3) is 0 Å². The molecular weight excluding hydrogens is 522 g/mol. The SMILES string of the molecule is c1ccc([C@@H]2CC[C@@H](c3ccccc3)P2c2nccnc2P2[C@H](c3ccccc3)CC[C@H]2c2ccccc2)cc1. The van der Waals surface area contributed by atoms with Crippen LogP contribution in [0.4, 0.5) is 0 Å². The van der Waals surface area contributed by atoms with Gasteiger partial charge in [0.1, 0.15) is 0 Å². The summed E-state index contributed by atoms with van der Waals surface area (Å²) in [6.07, 6.45) is 8.73. The maximum Gasteiger partial charge on any atom is 0.0901 e. The van der Waals surface area contributed by atoms with E-state index in [-0.39, 0.29) is 0 Å². The molecule has 4 atom stereocenters. The predicted molar refractivity (Wildman–Crippen MR) is 170 cm³/mol. The second-order valence-electron chi connectivity index (χ2n) is 10.9. The number of nitrogens with zero attached hydrogens (tertiary/aromatic N) is 2. The Morgan fingerprint density at radius 2 is 0.625 bits per heavy atom. The molecule has 0 bridgehead atoms. The standard InChI is InChI=1S/C36H34N2P2/c1-5-13-27(14-6-1)31-21-22-32(28-15-7-2-8-16-28)39(31)35-36(38-26-25-37-35)40-33(29-17-9-3-10-18-29)23-24-34(40)30-19-11-4-12-20-30/h1-20,25-26,31-34H,21-24H2/t31-,32-,33-,34-/m0/s1. The highest BCUT2D eigenvalue weighted by Crippen LogP contribution is 2.72. The zero-order valence-corrected chi connectivity index (χ0v) is 24.4. The number of benzene rings is 4. The first-order valence-corrected chi connectivity index (χ1v) is 17.4. The fourth-order valence-corrected chi connectivity index (χ4v) is 14.3. The van der Waals surface area contributed by atoms with E-state index in [1.807, 2.05) is 12.4 Å². The van der Waals surface area contributed by atoms with Crippen LogP contribution in [0.1, 0.15) is 70.6 Å². The topological polar surface area (TPSA) is 25.8 Å². The lowest BCUT2D eigenvalue weighted by molar-refractivity contribution is 0.765. The van der Waals surface area contributed by atoms with Crippen molar-refractivity contribution >= 4 is 26.7 Å². The van der Waals surface area contributed by atoms with Gasteiger partial charge >= 0.3 is 0 Å². The van der Waals surface area contributed by atoms with Gasteiger partial charge in [-0.05, 0) is 63.8 Å². The van der Waals surface area contributed by atoms with Crippen LogP contribution in [-0.2, 0) is 0 Å². The Morgan fingerprint density at radius 3 is 0.875 bits per heavy atom.